The van der Waals surface area contributed by atoms with Crippen LogP contribution in [-0.2, 0) is 4.74 Å². The topological polar surface area (TPSA) is 83.7 Å². The number of imidazole rings is 1. The van der Waals surface area contributed by atoms with Crippen LogP contribution in [0.3, 0.4) is 0 Å². The average Bonchev–Trinajstić information content (AvgIpc) is 2.88. The Hall–Kier alpha value is -1.86. The van der Waals surface area contributed by atoms with E-state index in [9.17, 15) is 0 Å². The summed E-state index contributed by atoms with van der Waals surface area (Å²) in [4.78, 5) is 8.82. The maximum absolute atomic E-state index is 9.10. The second-order valence-corrected chi connectivity index (χ2v) is 4.47. The predicted molar refractivity (Wildman–Crippen MR) is 78.1 cm³/mol. The Balaban J connectivity index is 2.28. The lowest BCUT2D eigenvalue weighted by atomic mass is 10.2. The smallest absolute Gasteiger partial charge is 0.180 e. The van der Waals surface area contributed by atoms with Crippen LogP contribution in [0.2, 0.25) is 0 Å². The van der Waals surface area contributed by atoms with Crippen LogP contribution < -0.4 is 10.6 Å². The summed E-state index contributed by atoms with van der Waals surface area (Å²) in [5, 5.41) is 15.6. The normalized spacial score (nSPS) is 12.6. The highest BCUT2D eigenvalue weighted by atomic mass is 16.5. The molecular formula is C13H21N5O2. The van der Waals surface area contributed by atoms with Gasteiger partial charge >= 0.3 is 0 Å². The molecule has 0 bridgehead atoms. The molecule has 1 atom stereocenters. The van der Waals surface area contributed by atoms with Gasteiger partial charge in [-0.25, -0.2) is 9.97 Å². The Labute approximate surface area is 118 Å². The number of nitrogens with one attached hydrogen (secondary N) is 2. The second-order valence-electron chi connectivity index (χ2n) is 4.47. The van der Waals surface area contributed by atoms with E-state index in [0.29, 0.717) is 18.8 Å². The van der Waals surface area contributed by atoms with Crippen LogP contribution in [-0.4, -0.2) is 52.4 Å². The second kappa shape index (κ2) is 7.06. The van der Waals surface area contributed by atoms with Crippen molar-refractivity contribution in [2.24, 2.45) is 0 Å². The van der Waals surface area contributed by atoms with Crippen molar-refractivity contribution >= 4 is 17.3 Å². The molecule has 0 saturated heterocycles. The number of hydrogen-bond acceptors (Lipinski definition) is 6. The third-order valence-corrected chi connectivity index (χ3v) is 2.92. The number of aliphatic hydroxyl groups excluding tert-OH is 1. The Morgan fingerprint density at radius 2 is 2.35 bits per heavy atom. The molecule has 1 unspecified atom stereocenters. The van der Waals surface area contributed by atoms with E-state index in [2.05, 4.69) is 20.6 Å². The number of ether oxygens (including phenoxy) is 1. The van der Waals surface area contributed by atoms with Crippen molar-refractivity contribution < 1.29 is 9.84 Å². The third-order valence-electron chi connectivity index (χ3n) is 2.92. The Morgan fingerprint density at radius 3 is 3.05 bits per heavy atom. The molecule has 0 aliphatic carbocycles. The highest BCUT2D eigenvalue weighted by Crippen LogP contribution is 2.17. The van der Waals surface area contributed by atoms with Crippen molar-refractivity contribution in [3.8, 4) is 0 Å². The first kappa shape index (κ1) is 14.5. The van der Waals surface area contributed by atoms with Gasteiger partial charge in [0.25, 0.3) is 0 Å². The number of aliphatic hydroxyl groups is 1. The first-order chi connectivity index (χ1) is 9.78. The number of aromatic nitrogens is 3. The molecule has 110 valence electrons. The van der Waals surface area contributed by atoms with Crippen molar-refractivity contribution in [1.82, 2.24) is 14.4 Å². The van der Waals surface area contributed by atoms with Gasteiger partial charge in [-0.2, -0.15) is 0 Å². The third kappa shape index (κ3) is 3.37. The lowest BCUT2D eigenvalue weighted by molar-refractivity contribution is 0.170. The Kier molecular flexibility index (Phi) is 5.14. The van der Waals surface area contributed by atoms with Gasteiger partial charge < -0.3 is 24.9 Å². The van der Waals surface area contributed by atoms with Crippen LogP contribution >= 0.6 is 0 Å². The summed E-state index contributed by atoms with van der Waals surface area (Å²) >= 11 is 0. The molecule has 0 aliphatic rings. The number of fused-ring (bicyclic) bond motifs is 1. The minimum Gasteiger partial charge on any atom is -0.396 e. The molecule has 0 radical (unpaired) electrons. The van der Waals surface area contributed by atoms with Gasteiger partial charge in [0.15, 0.2) is 11.5 Å². The van der Waals surface area contributed by atoms with Crippen LogP contribution in [0.25, 0.3) is 5.65 Å². The van der Waals surface area contributed by atoms with Crippen molar-refractivity contribution in [1.29, 1.82) is 0 Å². The average molecular weight is 279 g/mol. The molecular weight excluding hydrogens is 258 g/mol. The van der Waals surface area contributed by atoms with Gasteiger partial charge in [-0.15, -0.1) is 0 Å². The molecule has 0 fully saturated rings. The molecule has 3 N–H and O–H groups in total. The van der Waals surface area contributed by atoms with Crippen LogP contribution in [0, 0.1) is 0 Å². The summed E-state index contributed by atoms with van der Waals surface area (Å²) in [6.07, 6.45) is 6.10. The van der Waals surface area contributed by atoms with Crippen molar-refractivity contribution in [2.45, 2.75) is 19.4 Å². The zero-order valence-corrected chi connectivity index (χ0v) is 11.8. The van der Waals surface area contributed by atoms with E-state index in [-0.39, 0.29) is 12.6 Å². The fraction of sp³-hybridized carbons (Fsp3) is 0.538. The standard InChI is InChI=1S/C13H21N5O2/c1-3-14-11-8-18-6-5-15-13(18)12(17-11)16-10(4-7-19)9-20-2/h5-6,8,10,14,19H,3-4,7,9H2,1-2H3,(H,16,17). The number of nitrogens with zero attached hydrogens (tertiary/aromatic N) is 3. The summed E-state index contributed by atoms with van der Waals surface area (Å²) in [5.41, 5.74) is 0.755. The molecule has 0 saturated carbocycles. The largest absolute Gasteiger partial charge is 0.396 e. The molecule has 0 aliphatic heterocycles. The highest BCUT2D eigenvalue weighted by Gasteiger charge is 2.13. The molecule has 0 amide bonds. The predicted octanol–water partition coefficient (Wildman–Crippen LogP) is 0.970. The molecule has 0 aromatic carbocycles. The molecule has 0 spiro atoms. The van der Waals surface area contributed by atoms with Gasteiger partial charge in [0.2, 0.25) is 0 Å². The quantitative estimate of drug-likeness (QED) is 0.668. The SMILES string of the molecule is CCNc1cn2ccnc2c(NC(CCO)COC)n1. The molecule has 7 heteroatoms. The van der Waals surface area contributed by atoms with Crippen LogP contribution in [0.4, 0.5) is 11.6 Å². The van der Waals surface area contributed by atoms with Gasteiger partial charge in [-0.1, -0.05) is 0 Å². The van der Waals surface area contributed by atoms with E-state index in [1.54, 1.807) is 13.3 Å². The summed E-state index contributed by atoms with van der Waals surface area (Å²) in [5.74, 6) is 1.46. The number of anilines is 2. The summed E-state index contributed by atoms with van der Waals surface area (Å²) in [6, 6.07) is -0.00474. The van der Waals surface area contributed by atoms with Gasteiger partial charge in [-0.3, -0.25) is 0 Å². The number of methoxy groups -OCH3 is 1. The Bertz CT molecular complexity index is 537. The zero-order valence-electron chi connectivity index (χ0n) is 11.8. The van der Waals surface area contributed by atoms with E-state index < -0.39 is 0 Å². The minimum absolute atomic E-state index is 0.00474. The molecule has 20 heavy (non-hydrogen) atoms. The summed E-state index contributed by atoms with van der Waals surface area (Å²) in [7, 11) is 1.64. The first-order valence-electron chi connectivity index (χ1n) is 6.72. The van der Waals surface area contributed by atoms with E-state index in [4.69, 9.17) is 9.84 Å². The summed E-state index contributed by atoms with van der Waals surface area (Å²) < 4.78 is 7.07. The lowest BCUT2D eigenvalue weighted by Crippen LogP contribution is -2.27. The van der Waals surface area contributed by atoms with Crippen LogP contribution in [0.15, 0.2) is 18.6 Å². The fourth-order valence-electron chi connectivity index (χ4n) is 2.04. The molecule has 2 heterocycles. The monoisotopic (exact) mass is 279 g/mol. The number of rotatable bonds is 8. The van der Waals surface area contributed by atoms with E-state index in [0.717, 1.165) is 18.0 Å². The van der Waals surface area contributed by atoms with E-state index in [1.165, 1.54) is 0 Å². The van der Waals surface area contributed by atoms with Gasteiger partial charge in [0, 0.05) is 32.7 Å². The molecule has 2 aromatic rings. The van der Waals surface area contributed by atoms with Crippen molar-refractivity contribution in [3.05, 3.63) is 18.6 Å². The first-order valence-corrected chi connectivity index (χ1v) is 6.72. The van der Waals surface area contributed by atoms with Crippen LogP contribution in [0.5, 0.6) is 0 Å². The molecule has 2 rings (SSSR count). The highest BCUT2D eigenvalue weighted by molar-refractivity contribution is 5.65. The fourth-order valence-corrected chi connectivity index (χ4v) is 2.04. The number of hydrogen-bond donors (Lipinski definition) is 3. The van der Waals surface area contributed by atoms with Gasteiger partial charge in [0.05, 0.1) is 18.8 Å². The Morgan fingerprint density at radius 1 is 1.50 bits per heavy atom. The van der Waals surface area contributed by atoms with Gasteiger partial charge in [-0.05, 0) is 13.3 Å². The van der Waals surface area contributed by atoms with Crippen molar-refractivity contribution in [2.75, 3.05) is 37.5 Å². The van der Waals surface area contributed by atoms with Gasteiger partial charge in [0.1, 0.15) is 5.82 Å². The molecule has 7 nitrogen and oxygen atoms in total. The molecule has 2 aromatic heterocycles. The lowest BCUT2D eigenvalue weighted by Gasteiger charge is -2.18. The van der Waals surface area contributed by atoms with E-state index >= 15 is 0 Å². The minimum atomic E-state index is -0.00474. The maximum Gasteiger partial charge on any atom is 0.180 e. The summed E-state index contributed by atoms with van der Waals surface area (Å²) in [6.45, 7) is 3.41. The van der Waals surface area contributed by atoms with Crippen molar-refractivity contribution in [3.63, 3.8) is 0 Å². The zero-order chi connectivity index (χ0) is 14.4. The maximum atomic E-state index is 9.10. The van der Waals surface area contributed by atoms with Crippen LogP contribution in [0.1, 0.15) is 13.3 Å². The van der Waals surface area contributed by atoms with E-state index in [1.807, 2.05) is 23.7 Å².